The second-order valence-corrected chi connectivity index (χ2v) is 6.07. The molecule has 8 nitrogen and oxygen atoms in total. The van der Waals surface area contributed by atoms with Gasteiger partial charge in [0.2, 0.25) is 5.91 Å². The summed E-state index contributed by atoms with van der Waals surface area (Å²) in [5.74, 6) is -0.454. The van der Waals surface area contributed by atoms with Crippen molar-refractivity contribution in [3.8, 4) is 11.7 Å². The molecule has 0 aliphatic rings. The highest BCUT2D eigenvalue weighted by atomic mass is 16.5. The molecule has 144 valence electrons. The molecule has 1 atom stereocenters. The number of hydrogen-bond donors (Lipinski definition) is 2. The lowest BCUT2D eigenvalue weighted by Gasteiger charge is -2.15. The lowest BCUT2D eigenvalue weighted by Crippen LogP contribution is -2.32. The van der Waals surface area contributed by atoms with Crippen molar-refractivity contribution in [2.75, 3.05) is 10.6 Å². The van der Waals surface area contributed by atoms with E-state index in [1.54, 1.807) is 28.9 Å². The van der Waals surface area contributed by atoms with Crippen LogP contribution in [0.4, 0.5) is 11.4 Å². The molecule has 0 bridgehead atoms. The summed E-state index contributed by atoms with van der Waals surface area (Å²) in [5.41, 5.74) is 2.11. The molecule has 0 spiro atoms. The monoisotopic (exact) mass is 379 g/mol. The van der Waals surface area contributed by atoms with Crippen molar-refractivity contribution in [3.05, 3.63) is 60.9 Å². The zero-order chi connectivity index (χ0) is 19.9. The van der Waals surface area contributed by atoms with Crippen LogP contribution < -0.4 is 15.4 Å². The summed E-state index contributed by atoms with van der Waals surface area (Å²) in [7, 11) is 0. The van der Waals surface area contributed by atoms with Crippen LogP contribution in [0.25, 0.3) is 5.69 Å². The van der Waals surface area contributed by atoms with Gasteiger partial charge in [-0.3, -0.25) is 9.59 Å². The average molecular weight is 379 g/mol. The highest BCUT2D eigenvalue weighted by molar-refractivity contribution is 5.95. The van der Waals surface area contributed by atoms with Gasteiger partial charge in [-0.25, -0.2) is 4.68 Å². The third-order valence-corrected chi connectivity index (χ3v) is 3.88. The summed E-state index contributed by atoms with van der Waals surface area (Å²) in [6.07, 6.45) is 1.26. The van der Waals surface area contributed by atoms with Gasteiger partial charge in [0.25, 0.3) is 5.91 Å². The molecule has 1 unspecified atom stereocenters. The number of carbonyl (C=O) groups excluding carboxylic acids is 2. The van der Waals surface area contributed by atoms with Crippen LogP contribution in [0.2, 0.25) is 0 Å². The minimum absolute atomic E-state index is 0.131. The molecule has 0 radical (unpaired) electrons. The fourth-order valence-corrected chi connectivity index (χ4v) is 2.52. The van der Waals surface area contributed by atoms with E-state index < -0.39 is 6.10 Å². The van der Waals surface area contributed by atoms with Gasteiger partial charge in [0.15, 0.2) is 6.10 Å². The number of para-hydroxylation sites is 1. The third-order valence-electron chi connectivity index (χ3n) is 3.88. The number of benzene rings is 2. The minimum atomic E-state index is -0.735. The van der Waals surface area contributed by atoms with Crippen LogP contribution in [-0.4, -0.2) is 32.7 Å². The topological polar surface area (TPSA) is 98.1 Å². The molecule has 0 fully saturated rings. The van der Waals surface area contributed by atoms with Crippen LogP contribution in [0.5, 0.6) is 6.01 Å². The van der Waals surface area contributed by atoms with Crippen molar-refractivity contribution in [1.82, 2.24) is 14.8 Å². The first-order valence-electron chi connectivity index (χ1n) is 8.87. The van der Waals surface area contributed by atoms with Gasteiger partial charge < -0.3 is 15.4 Å². The van der Waals surface area contributed by atoms with E-state index in [1.165, 1.54) is 13.3 Å². The molecular weight excluding hydrogens is 358 g/mol. The van der Waals surface area contributed by atoms with Gasteiger partial charge in [0, 0.05) is 18.3 Å². The smallest absolute Gasteiger partial charge is 0.336 e. The van der Waals surface area contributed by atoms with Crippen LogP contribution in [-0.2, 0) is 9.59 Å². The van der Waals surface area contributed by atoms with Crippen molar-refractivity contribution in [2.24, 2.45) is 0 Å². The van der Waals surface area contributed by atoms with E-state index in [0.29, 0.717) is 17.8 Å². The Kier molecular flexibility index (Phi) is 6.01. The SMILES string of the molecule is CCC(Oc1ncn(-c2ccccc2)n1)C(=O)Nc1ccc(NC(C)=O)cc1. The molecular formula is C20H21N5O3. The summed E-state index contributed by atoms with van der Waals surface area (Å²) in [6, 6.07) is 16.5. The van der Waals surface area contributed by atoms with E-state index in [-0.39, 0.29) is 17.8 Å². The predicted molar refractivity (Wildman–Crippen MR) is 105 cm³/mol. The van der Waals surface area contributed by atoms with Crippen LogP contribution >= 0.6 is 0 Å². The highest BCUT2D eigenvalue weighted by Crippen LogP contribution is 2.16. The van der Waals surface area contributed by atoms with Crippen molar-refractivity contribution in [3.63, 3.8) is 0 Å². The molecule has 8 heteroatoms. The number of amides is 2. The number of anilines is 2. The van der Waals surface area contributed by atoms with Crippen molar-refractivity contribution in [1.29, 1.82) is 0 Å². The minimum Gasteiger partial charge on any atom is -0.449 e. The Hall–Kier alpha value is -3.68. The lowest BCUT2D eigenvalue weighted by atomic mass is 10.2. The van der Waals surface area contributed by atoms with Gasteiger partial charge in [-0.1, -0.05) is 25.1 Å². The van der Waals surface area contributed by atoms with Crippen LogP contribution in [0.1, 0.15) is 20.3 Å². The fraction of sp³-hybridized carbons (Fsp3) is 0.200. The third kappa shape index (κ3) is 4.94. The molecule has 0 aliphatic heterocycles. The van der Waals surface area contributed by atoms with E-state index in [4.69, 9.17) is 4.74 Å². The summed E-state index contributed by atoms with van der Waals surface area (Å²) < 4.78 is 7.25. The number of nitrogens with zero attached hydrogens (tertiary/aromatic N) is 3. The standard InChI is InChI=1S/C20H21N5O3/c1-3-18(19(27)23-16-11-9-15(10-12-16)22-14(2)26)28-20-21-13-25(24-20)17-7-5-4-6-8-17/h4-13,18H,3H2,1-2H3,(H,22,26)(H,23,27). The number of rotatable bonds is 7. The molecule has 1 heterocycles. The molecule has 2 amide bonds. The van der Waals surface area contributed by atoms with Gasteiger partial charge in [-0.15, -0.1) is 5.10 Å². The quantitative estimate of drug-likeness (QED) is 0.658. The summed E-state index contributed by atoms with van der Waals surface area (Å²) in [5, 5.41) is 9.73. The van der Waals surface area contributed by atoms with Crippen molar-refractivity contribution >= 4 is 23.2 Å². The van der Waals surface area contributed by atoms with E-state index in [2.05, 4.69) is 20.7 Å². The van der Waals surface area contributed by atoms with Crippen LogP contribution in [0.3, 0.4) is 0 Å². The first-order chi connectivity index (χ1) is 13.5. The molecule has 28 heavy (non-hydrogen) atoms. The normalized spacial score (nSPS) is 11.5. The Balaban J connectivity index is 1.62. The number of aromatic nitrogens is 3. The summed E-state index contributed by atoms with van der Waals surface area (Å²) >= 11 is 0. The zero-order valence-electron chi connectivity index (χ0n) is 15.6. The van der Waals surface area contributed by atoms with Gasteiger partial charge >= 0.3 is 6.01 Å². The van der Waals surface area contributed by atoms with E-state index in [9.17, 15) is 9.59 Å². The molecule has 0 aliphatic carbocycles. The molecule has 2 aromatic carbocycles. The number of ether oxygens (including phenoxy) is 1. The molecule has 2 N–H and O–H groups in total. The van der Waals surface area contributed by atoms with Crippen LogP contribution in [0, 0.1) is 0 Å². The van der Waals surface area contributed by atoms with E-state index in [0.717, 1.165) is 5.69 Å². The first-order valence-corrected chi connectivity index (χ1v) is 8.87. The van der Waals surface area contributed by atoms with Crippen molar-refractivity contribution in [2.45, 2.75) is 26.4 Å². The second-order valence-electron chi connectivity index (χ2n) is 6.07. The average Bonchev–Trinajstić information content (AvgIpc) is 3.16. The summed E-state index contributed by atoms with van der Waals surface area (Å²) in [6.45, 7) is 3.28. The lowest BCUT2D eigenvalue weighted by molar-refractivity contribution is -0.123. The van der Waals surface area contributed by atoms with Gasteiger partial charge in [0.05, 0.1) is 5.69 Å². The maximum Gasteiger partial charge on any atom is 0.336 e. The second kappa shape index (κ2) is 8.81. The van der Waals surface area contributed by atoms with E-state index >= 15 is 0 Å². The largest absolute Gasteiger partial charge is 0.449 e. The van der Waals surface area contributed by atoms with Crippen molar-refractivity contribution < 1.29 is 14.3 Å². The Morgan fingerprint density at radius 2 is 1.68 bits per heavy atom. The summed E-state index contributed by atoms with van der Waals surface area (Å²) in [4.78, 5) is 27.7. The Bertz CT molecular complexity index is 938. The Labute approximate surface area is 162 Å². The maximum atomic E-state index is 12.5. The molecule has 3 aromatic rings. The maximum absolute atomic E-state index is 12.5. The Morgan fingerprint density at radius 3 is 2.29 bits per heavy atom. The molecule has 3 rings (SSSR count). The van der Waals surface area contributed by atoms with Crippen LogP contribution in [0.15, 0.2) is 60.9 Å². The molecule has 0 saturated carbocycles. The van der Waals surface area contributed by atoms with Gasteiger partial charge in [0.1, 0.15) is 6.33 Å². The zero-order valence-corrected chi connectivity index (χ0v) is 15.6. The number of nitrogens with one attached hydrogen (secondary N) is 2. The molecule has 1 aromatic heterocycles. The van der Waals surface area contributed by atoms with Gasteiger partial charge in [-0.05, 0) is 42.8 Å². The van der Waals surface area contributed by atoms with E-state index in [1.807, 2.05) is 37.3 Å². The fourth-order valence-electron chi connectivity index (χ4n) is 2.52. The highest BCUT2D eigenvalue weighted by Gasteiger charge is 2.20. The molecule has 0 saturated heterocycles. The number of hydrogen-bond acceptors (Lipinski definition) is 5. The van der Waals surface area contributed by atoms with Gasteiger partial charge in [-0.2, -0.15) is 4.98 Å². The first kappa shape index (κ1) is 19.1. The number of carbonyl (C=O) groups is 2. The Morgan fingerprint density at radius 1 is 1.04 bits per heavy atom. The predicted octanol–water partition coefficient (Wildman–Crippen LogP) is 3.02.